The lowest BCUT2D eigenvalue weighted by molar-refractivity contribution is -0.234. The predicted octanol–water partition coefficient (Wildman–Crippen LogP) is 2.64. The van der Waals surface area contributed by atoms with Crippen molar-refractivity contribution in [2.75, 3.05) is 14.1 Å². The molecule has 1 fully saturated rings. The highest BCUT2D eigenvalue weighted by molar-refractivity contribution is 7.84. The molecule has 1 unspecified atom stereocenters. The summed E-state index contributed by atoms with van der Waals surface area (Å²) in [5.41, 5.74) is -2.53. The zero-order valence-corrected chi connectivity index (χ0v) is 15.0. The van der Waals surface area contributed by atoms with Gasteiger partial charge in [-0.05, 0) is 39.0 Å². The van der Waals surface area contributed by atoms with Crippen molar-refractivity contribution in [1.82, 2.24) is 4.31 Å². The molecule has 0 N–H and O–H groups in total. The number of carbonyl (C=O) groups is 1. The van der Waals surface area contributed by atoms with Crippen LogP contribution in [0.15, 0.2) is 0 Å². The molecule has 1 atom stereocenters. The summed E-state index contributed by atoms with van der Waals surface area (Å²) in [6, 6.07) is 0. The molecule has 1 rings (SSSR count). The summed E-state index contributed by atoms with van der Waals surface area (Å²) < 4.78 is 73.4. The largest absolute Gasteiger partial charge is 0.462 e. The Bertz CT molecular complexity index is 541. The molecule has 0 aromatic carbocycles. The van der Waals surface area contributed by atoms with Gasteiger partial charge in [-0.3, -0.25) is 8.98 Å². The van der Waals surface area contributed by atoms with E-state index in [0.717, 1.165) is 11.2 Å². The van der Waals surface area contributed by atoms with Crippen LogP contribution in [-0.4, -0.2) is 51.2 Å². The Hall–Kier alpha value is -0.870. The second-order valence-corrected chi connectivity index (χ2v) is 8.10. The number of carbonyl (C=O) groups excluding carboxylic acids is 1. The van der Waals surface area contributed by atoms with Gasteiger partial charge in [-0.2, -0.15) is 25.9 Å². The third-order valence-electron chi connectivity index (χ3n) is 4.38. The van der Waals surface area contributed by atoms with Gasteiger partial charge in [0.2, 0.25) is 0 Å². The number of hydrogen-bond donors (Lipinski definition) is 0. The van der Waals surface area contributed by atoms with Crippen molar-refractivity contribution in [1.29, 1.82) is 0 Å². The molecular formula is C14H24F3NO5S. The SMILES string of the molecule is CCC(C)(C(=O)OC1CCC(OS(=O)(=O)N(C)C)CC1)C(F)(F)F. The maximum absolute atomic E-state index is 13.0. The van der Waals surface area contributed by atoms with Crippen LogP contribution in [0, 0.1) is 5.41 Å². The maximum atomic E-state index is 13.0. The summed E-state index contributed by atoms with van der Waals surface area (Å²) in [6.07, 6.45) is -5.21. The maximum Gasteiger partial charge on any atom is 0.404 e. The van der Waals surface area contributed by atoms with Crippen LogP contribution in [0.5, 0.6) is 0 Å². The van der Waals surface area contributed by atoms with E-state index >= 15 is 0 Å². The van der Waals surface area contributed by atoms with E-state index in [2.05, 4.69) is 0 Å². The normalized spacial score (nSPS) is 25.3. The van der Waals surface area contributed by atoms with Crippen LogP contribution in [0.2, 0.25) is 0 Å². The standard InChI is InChI=1S/C14H24F3NO5S/c1-5-13(2,14(15,16)17)12(19)22-10-6-8-11(9-7-10)23-24(20,21)18(3)4/h10-11H,5-9H2,1-4H3. The Kier molecular flexibility index (Phi) is 6.68. The molecule has 0 spiro atoms. The van der Waals surface area contributed by atoms with Crippen LogP contribution in [0.3, 0.4) is 0 Å². The fourth-order valence-electron chi connectivity index (χ4n) is 2.25. The highest BCUT2D eigenvalue weighted by Crippen LogP contribution is 2.42. The third kappa shape index (κ3) is 4.82. The van der Waals surface area contributed by atoms with Crippen LogP contribution < -0.4 is 0 Å². The quantitative estimate of drug-likeness (QED) is 0.668. The summed E-state index contributed by atoms with van der Waals surface area (Å²) in [5, 5.41) is 0. The molecule has 24 heavy (non-hydrogen) atoms. The van der Waals surface area contributed by atoms with Crippen LogP contribution in [0.25, 0.3) is 0 Å². The van der Waals surface area contributed by atoms with Crippen molar-refractivity contribution >= 4 is 16.3 Å². The van der Waals surface area contributed by atoms with Gasteiger partial charge in [-0.1, -0.05) is 6.92 Å². The number of esters is 1. The van der Waals surface area contributed by atoms with E-state index in [1.54, 1.807) is 0 Å². The number of alkyl halides is 3. The van der Waals surface area contributed by atoms with Crippen molar-refractivity contribution < 1.29 is 35.3 Å². The first-order valence-corrected chi connectivity index (χ1v) is 9.08. The van der Waals surface area contributed by atoms with Gasteiger partial charge in [-0.25, -0.2) is 0 Å². The molecular weight excluding hydrogens is 351 g/mol. The Morgan fingerprint density at radius 2 is 1.58 bits per heavy atom. The molecule has 0 amide bonds. The second-order valence-electron chi connectivity index (χ2n) is 6.32. The molecule has 1 saturated carbocycles. The van der Waals surface area contributed by atoms with E-state index in [1.807, 2.05) is 0 Å². The highest BCUT2D eigenvalue weighted by atomic mass is 32.2. The molecule has 6 nitrogen and oxygen atoms in total. The molecule has 0 aromatic heterocycles. The smallest absolute Gasteiger partial charge is 0.404 e. The van der Waals surface area contributed by atoms with Gasteiger partial charge in [0, 0.05) is 14.1 Å². The van der Waals surface area contributed by atoms with Crippen molar-refractivity contribution in [2.24, 2.45) is 5.41 Å². The van der Waals surface area contributed by atoms with Crippen molar-refractivity contribution in [2.45, 2.75) is 64.3 Å². The second kappa shape index (κ2) is 7.57. The molecule has 0 radical (unpaired) electrons. The molecule has 0 heterocycles. The first-order valence-electron chi connectivity index (χ1n) is 7.72. The molecule has 1 aliphatic rings. The Balaban J connectivity index is 2.59. The summed E-state index contributed by atoms with van der Waals surface area (Å²) in [6.45, 7) is 2.11. The average Bonchev–Trinajstić information content (AvgIpc) is 2.46. The Labute approximate surface area is 140 Å². The van der Waals surface area contributed by atoms with Crippen molar-refractivity contribution in [3.8, 4) is 0 Å². The van der Waals surface area contributed by atoms with E-state index in [-0.39, 0.29) is 12.8 Å². The van der Waals surface area contributed by atoms with E-state index < -0.39 is 46.5 Å². The zero-order chi connectivity index (χ0) is 18.8. The van der Waals surface area contributed by atoms with Gasteiger partial charge in [-0.15, -0.1) is 0 Å². The van der Waals surface area contributed by atoms with Crippen LogP contribution >= 0.6 is 0 Å². The minimum atomic E-state index is -4.68. The fourth-order valence-corrected chi connectivity index (χ4v) is 2.95. The molecule has 0 aromatic rings. The van der Waals surface area contributed by atoms with E-state index in [4.69, 9.17) is 8.92 Å². The predicted molar refractivity (Wildman–Crippen MR) is 80.3 cm³/mol. The zero-order valence-electron chi connectivity index (χ0n) is 14.2. The molecule has 0 aliphatic heterocycles. The highest BCUT2D eigenvalue weighted by Gasteiger charge is 2.57. The number of halogens is 3. The number of ether oxygens (including phenoxy) is 1. The fraction of sp³-hybridized carbons (Fsp3) is 0.929. The van der Waals surface area contributed by atoms with Crippen molar-refractivity contribution in [3.05, 3.63) is 0 Å². The average molecular weight is 375 g/mol. The van der Waals surface area contributed by atoms with Gasteiger partial charge in [0.15, 0.2) is 5.41 Å². The van der Waals surface area contributed by atoms with E-state index in [1.165, 1.54) is 21.0 Å². The van der Waals surface area contributed by atoms with Crippen molar-refractivity contribution in [3.63, 3.8) is 0 Å². The van der Waals surface area contributed by atoms with Gasteiger partial charge < -0.3 is 4.74 Å². The Morgan fingerprint density at radius 3 is 1.96 bits per heavy atom. The topological polar surface area (TPSA) is 72.9 Å². The molecule has 10 heteroatoms. The summed E-state index contributed by atoms with van der Waals surface area (Å²) >= 11 is 0. The van der Waals surface area contributed by atoms with Crippen LogP contribution in [0.1, 0.15) is 46.0 Å². The summed E-state index contributed by atoms with van der Waals surface area (Å²) in [5.74, 6) is -1.29. The van der Waals surface area contributed by atoms with Gasteiger partial charge in [0.1, 0.15) is 6.10 Å². The van der Waals surface area contributed by atoms with Crippen LogP contribution in [-0.2, 0) is 24.0 Å². The van der Waals surface area contributed by atoms with Gasteiger partial charge in [0.25, 0.3) is 0 Å². The van der Waals surface area contributed by atoms with Gasteiger partial charge >= 0.3 is 22.4 Å². The number of nitrogens with zero attached hydrogens (tertiary/aromatic N) is 1. The molecule has 1 aliphatic carbocycles. The van der Waals surface area contributed by atoms with E-state index in [9.17, 15) is 26.4 Å². The lowest BCUT2D eigenvalue weighted by atomic mass is 9.86. The lowest BCUT2D eigenvalue weighted by Crippen LogP contribution is -2.45. The number of hydrogen-bond acceptors (Lipinski definition) is 5. The third-order valence-corrected chi connectivity index (χ3v) is 5.79. The lowest BCUT2D eigenvalue weighted by Gasteiger charge is -2.33. The molecule has 142 valence electrons. The minimum absolute atomic E-state index is 0.261. The first kappa shape index (κ1) is 21.2. The Morgan fingerprint density at radius 1 is 1.12 bits per heavy atom. The minimum Gasteiger partial charge on any atom is -0.462 e. The van der Waals surface area contributed by atoms with Gasteiger partial charge in [0.05, 0.1) is 6.10 Å². The number of rotatable bonds is 6. The first-order chi connectivity index (χ1) is 10.8. The summed E-state index contributed by atoms with van der Waals surface area (Å²) in [7, 11) is -1.13. The summed E-state index contributed by atoms with van der Waals surface area (Å²) in [4.78, 5) is 11.9. The molecule has 0 bridgehead atoms. The molecule has 0 saturated heterocycles. The van der Waals surface area contributed by atoms with E-state index in [0.29, 0.717) is 12.8 Å². The monoisotopic (exact) mass is 375 g/mol. The van der Waals surface area contributed by atoms with Crippen LogP contribution in [0.4, 0.5) is 13.2 Å².